The van der Waals surface area contributed by atoms with Crippen molar-refractivity contribution in [1.29, 1.82) is 0 Å². The fourth-order valence-electron chi connectivity index (χ4n) is 8.25. The highest BCUT2D eigenvalue weighted by Gasteiger charge is 2.22. The van der Waals surface area contributed by atoms with Gasteiger partial charge in [0.2, 0.25) is 0 Å². The van der Waals surface area contributed by atoms with Crippen LogP contribution in [0.2, 0.25) is 0 Å². The first-order valence-electron chi connectivity index (χ1n) is 17.6. The van der Waals surface area contributed by atoms with Crippen molar-refractivity contribution in [2.24, 2.45) is 0 Å². The lowest BCUT2D eigenvalue weighted by Gasteiger charge is -2.24. The lowest BCUT2D eigenvalue weighted by molar-refractivity contribution is 0.992. The molecule has 0 N–H and O–H groups in total. The van der Waals surface area contributed by atoms with Gasteiger partial charge in [-0.1, -0.05) is 164 Å². The molecule has 0 amide bonds. The second kappa shape index (κ2) is 11.7. The Hall–Kier alpha value is -6.24. The first kappa shape index (κ1) is 28.7. The summed E-state index contributed by atoms with van der Waals surface area (Å²) in [6.45, 7) is 0. The zero-order chi connectivity index (χ0) is 33.0. The zero-order valence-corrected chi connectivity index (χ0v) is 27.7. The van der Waals surface area contributed by atoms with Gasteiger partial charge in [-0.15, -0.1) is 0 Å². The van der Waals surface area contributed by atoms with Gasteiger partial charge in [0.25, 0.3) is 0 Å². The van der Waals surface area contributed by atoms with Crippen molar-refractivity contribution in [3.8, 4) is 44.5 Å². The summed E-state index contributed by atoms with van der Waals surface area (Å²) in [5.74, 6) is 0. The molecule has 0 saturated heterocycles. The molecule has 0 saturated carbocycles. The van der Waals surface area contributed by atoms with Crippen molar-refractivity contribution >= 4 is 49.2 Å². The van der Waals surface area contributed by atoms with Crippen LogP contribution in [0.1, 0.15) is 17.5 Å². The van der Waals surface area contributed by atoms with Gasteiger partial charge in [0.15, 0.2) is 0 Å². The third-order valence-corrected chi connectivity index (χ3v) is 10.7. The average molecular weight is 635 g/mol. The fourth-order valence-corrected chi connectivity index (χ4v) is 8.25. The standard InChI is InChI=1S/C50H34/c1-2-12-37-30-39(25-22-33(37)10-1)42-29-28-40-31-38(26-27-41(40)32-42)34-20-23-36(24-21-34)49-45-15-5-7-17-47(45)50(48-18-8-6-16-46(48)49)44-19-9-13-35-11-3-4-14-43(35)44/h1-7,9-17,19-32H,8,18H2. The van der Waals surface area contributed by atoms with Gasteiger partial charge in [-0.3, -0.25) is 0 Å². The van der Waals surface area contributed by atoms with Crippen LogP contribution in [-0.2, 0) is 6.42 Å². The van der Waals surface area contributed by atoms with Gasteiger partial charge in [-0.25, -0.2) is 0 Å². The SMILES string of the molecule is C1=Cc2c(c(-c3cccc4ccccc34)c3ccccc3c2-c2ccc(-c3ccc4cc(-c5ccc6ccccc6c5)ccc4c3)cc2)CC1. The van der Waals surface area contributed by atoms with E-state index in [9.17, 15) is 0 Å². The van der Waals surface area contributed by atoms with Crippen LogP contribution in [0.25, 0.3) is 93.7 Å². The van der Waals surface area contributed by atoms with Crippen LogP contribution in [0.5, 0.6) is 0 Å². The van der Waals surface area contributed by atoms with Gasteiger partial charge >= 0.3 is 0 Å². The van der Waals surface area contributed by atoms with E-state index in [1.54, 1.807) is 0 Å². The molecule has 0 aromatic heterocycles. The molecule has 50 heavy (non-hydrogen) atoms. The minimum Gasteiger partial charge on any atom is -0.0836 e. The molecule has 0 fully saturated rings. The van der Waals surface area contributed by atoms with Gasteiger partial charge in [-0.05, 0) is 130 Å². The number of benzene rings is 9. The smallest absolute Gasteiger partial charge is 0.00297 e. The molecular formula is C50H34. The van der Waals surface area contributed by atoms with Crippen molar-refractivity contribution in [3.05, 3.63) is 187 Å². The molecule has 0 radical (unpaired) electrons. The summed E-state index contributed by atoms with van der Waals surface area (Å²) >= 11 is 0. The number of rotatable bonds is 4. The van der Waals surface area contributed by atoms with E-state index < -0.39 is 0 Å². The molecule has 0 spiro atoms. The van der Waals surface area contributed by atoms with E-state index in [1.165, 1.54) is 98.7 Å². The Bertz CT molecular complexity index is 2790. The van der Waals surface area contributed by atoms with Crippen LogP contribution in [0.3, 0.4) is 0 Å². The van der Waals surface area contributed by atoms with Gasteiger partial charge < -0.3 is 0 Å². The van der Waals surface area contributed by atoms with Crippen LogP contribution in [0.4, 0.5) is 0 Å². The van der Waals surface area contributed by atoms with Gasteiger partial charge in [0.05, 0.1) is 0 Å². The molecule has 0 bridgehead atoms. The molecule has 0 heteroatoms. The Morgan fingerprint density at radius 3 is 1.56 bits per heavy atom. The zero-order valence-electron chi connectivity index (χ0n) is 27.7. The molecule has 234 valence electrons. The second-order valence-corrected chi connectivity index (χ2v) is 13.6. The van der Waals surface area contributed by atoms with Gasteiger partial charge in [0, 0.05) is 0 Å². The molecule has 9 aromatic rings. The average Bonchev–Trinajstić information content (AvgIpc) is 3.19. The van der Waals surface area contributed by atoms with Crippen LogP contribution < -0.4 is 0 Å². The maximum atomic E-state index is 2.37. The second-order valence-electron chi connectivity index (χ2n) is 13.6. The molecule has 0 unspecified atom stereocenters. The first-order chi connectivity index (χ1) is 24.8. The minimum absolute atomic E-state index is 1.04. The summed E-state index contributed by atoms with van der Waals surface area (Å²) in [7, 11) is 0. The third kappa shape index (κ3) is 4.76. The number of hydrogen-bond acceptors (Lipinski definition) is 0. The highest BCUT2D eigenvalue weighted by Crippen LogP contribution is 2.46. The predicted molar refractivity (Wildman–Crippen MR) is 216 cm³/mol. The first-order valence-corrected chi connectivity index (χ1v) is 17.6. The molecule has 0 nitrogen and oxygen atoms in total. The monoisotopic (exact) mass is 634 g/mol. The molecule has 0 aliphatic heterocycles. The van der Waals surface area contributed by atoms with Crippen LogP contribution >= 0.6 is 0 Å². The Morgan fingerprint density at radius 2 is 0.840 bits per heavy atom. The molecule has 1 aliphatic carbocycles. The molecule has 1 aliphatic rings. The topological polar surface area (TPSA) is 0 Å². The van der Waals surface area contributed by atoms with Crippen LogP contribution in [0, 0.1) is 0 Å². The van der Waals surface area contributed by atoms with Crippen molar-refractivity contribution in [2.75, 3.05) is 0 Å². The minimum atomic E-state index is 1.04. The lowest BCUT2D eigenvalue weighted by atomic mass is 9.79. The summed E-state index contributed by atoms with van der Waals surface area (Å²) in [4.78, 5) is 0. The van der Waals surface area contributed by atoms with E-state index in [1.807, 2.05) is 0 Å². The van der Waals surface area contributed by atoms with Crippen molar-refractivity contribution in [1.82, 2.24) is 0 Å². The van der Waals surface area contributed by atoms with E-state index in [0.717, 1.165) is 12.8 Å². The Kier molecular flexibility index (Phi) is 6.74. The van der Waals surface area contributed by atoms with Crippen molar-refractivity contribution in [3.63, 3.8) is 0 Å². The highest BCUT2D eigenvalue weighted by atomic mass is 14.3. The number of hydrogen-bond donors (Lipinski definition) is 0. The Morgan fingerprint density at radius 1 is 0.340 bits per heavy atom. The normalized spacial score (nSPS) is 12.6. The molecular weight excluding hydrogens is 601 g/mol. The molecule has 0 atom stereocenters. The maximum Gasteiger partial charge on any atom is -0.00297 e. The van der Waals surface area contributed by atoms with E-state index in [4.69, 9.17) is 0 Å². The summed E-state index contributed by atoms with van der Waals surface area (Å²) in [5.41, 5.74) is 13.1. The maximum absolute atomic E-state index is 2.37. The summed E-state index contributed by atoms with van der Waals surface area (Å²) < 4.78 is 0. The van der Waals surface area contributed by atoms with E-state index in [-0.39, 0.29) is 0 Å². The quantitative estimate of drug-likeness (QED) is 0.181. The number of fused-ring (bicyclic) bond motifs is 5. The largest absolute Gasteiger partial charge is 0.0836 e. The summed E-state index contributed by atoms with van der Waals surface area (Å²) in [5, 5.41) is 10.3. The van der Waals surface area contributed by atoms with E-state index >= 15 is 0 Å². The van der Waals surface area contributed by atoms with Crippen molar-refractivity contribution < 1.29 is 0 Å². The van der Waals surface area contributed by atoms with Crippen LogP contribution in [-0.4, -0.2) is 0 Å². The lowest BCUT2D eigenvalue weighted by Crippen LogP contribution is -2.02. The van der Waals surface area contributed by atoms with Gasteiger partial charge in [0.1, 0.15) is 0 Å². The molecule has 9 aromatic carbocycles. The Balaban J connectivity index is 1.05. The molecule has 10 rings (SSSR count). The van der Waals surface area contributed by atoms with Crippen molar-refractivity contribution in [2.45, 2.75) is 12.8 Å². The summed E-state index contributed by atoms with van der Waals surface area (Å²) in [6.07, 6.45) is 6.83. The van der Waals surface area contributed by atoms with Crippen LogP contribution in [0.15, 0.2) is 176 Å². The third-order valence-electron chi connectivity index (χ3n) is 10.7. The van der Waals surface area contributed by atoms with Gasteiger partial charge in [-0.2, -0.15) is 0 Å². The highest BCUT2D eigenvalue weighted by molar-refractivity contribution is 6.13. The van der Waals surface area contributed by atoms with E-state index in [2.05, 4.69) is 182 Å². The summed E-state index contributed by atoms with van der Waals surface area (Å²) in [6, 6.07) is 62.8. The molecule has 0 heterocycles. The Labute approximate surface area is 292 Å². The predicted octanol–water partition coefficient (Wildman–Crippen LogP) is 13.9. The fraction of sp³-hybridized carbons (Fsp3) is 0.0400. The van der Waals surface area contributed by atoms with E-state index in [0.29, 0.717) is 0 Å². The number of allylic oxidation sites excluding steroid dienone is 1.